The fraction of sp³-hybridized carbons (Fsp3) is 1.00. The van der Waals surface area contributed by atoms with Gasteiger partial charge in [-0.1, -0.05) is 6.92 Å². The average molecular weight is 181 g/mol. The number of hydrogen-bond acceptors (Lipinski definition) is 3. The van der Waals surface area contributed by atoms with Gasteiger partial charge in [0.05, 0.1) is 12.9 Å². The van der Waals surface area contributed by atoms with E-state index in [1.165, 1.54) is 10.6 Å². The van der Waals surface area contributed by atoms with Crippen molar-refractivity contribution >= 4 is 10.0 Å². The molecule has 0 aromatic rings. The van der Waals surface area contributed by atoms with Crippen LogP contribution in [0, 0.1) is 0 Å². The van der Waals surface area contributed by atoms with Crippen LogP contribution in [0.15, 0.2) is 0 Å². The van der Waals surface area contributed by atoms with Crippen LogP contribution in [0.4, 0.5) is 0 Å². The van der Waals surface area contributed by atoms with Crippen molar-refractivity contribution in [2.75, 3.05) is 33.1 Å². The van der Waals surface area contributed by atoms with Gasteiger partial charge in [-0.25, -0.2) is 12.7 Å². The minimum Gasteiger partial charge on any atom is -0.383 e. The minimum absolute atomic E-state index is 0.436. The second-order valence-electron chi connectivity index (χ2n) is 2.25. The molecule has 0 amide bonds. The molecule has 0 spiro atoms. The van der Waals surface area contributed by atoms with Crippen molar-refractivity contribution in [1.29, 1.82) is 0 Å². The first-order valence-corrected chi connectivity index (χ1v) is 5.31. The van der Waals surface area contributed by atoms with Crippen LogP contribution in [0.1, 0.15) is 6.92 Å². The van der Waals surface area contributed by atoms with Crippen molar-refractivity contribution < 1.29 is 13.2 Å². The lowest BCUT2D eigenvalue weighted by Gasteiger charge is -2.16. The molecule has 0 saturated heterocycles. The average Bonchev–Trinajstić information content (AvgIpc) is 1.87. The molecular weight excluding hydrogens is 166 g/mol. The Kier molecular flexibility index (Phi) is 4.63. The molecule has 0 aliphatic heterocycles. The molecule has 0 radical (unpaired) electrons. The summed E-state index contributed by atoms with van der Waals surface area (Å²) in [7, 11) is -1.48. The molecule has 5 heteroatoms. The van der Waals surface area contributed by atoms with Gasteiger partial charge in [-0.05, 0) is 0 Å². The summed E-state index contributed by atoms with van der Waals surface area (Å²) in [5, 5.41) is 0. The molecule has 0 atom stereocenters. The molecule has 4 nitrogen and oxygen atoms in total. The summed E-state index contributed by atoms with van der Waals surface area (Å²) in [5.74, 6) is 0. The van der Waals surface area contributed by atoms with Crippen LogP contribution in [-0.4, -0.2) is 45.8 Å². The number of hydrogen-bond donors (Lipinski definition) is 0. The van der Waals surface area contributed by atoms with Gasteiger partial charge in [0.15, 0.2) is 0 Å². The fourth-order valence-corrected chi connectivity index (χ4v) is 1.63. The predicted molar refractivity (Wildman–Crippen MR) is 44.0 cm³/mol. The summed E-state index contributed by atoms with van der Waals surface area (Å²) >= 11 is 0. The van der Waals surface area contributed by atoms with Gasteiger partial charge in [0, 0.05) is 20.2 Å². The third-order valence-corrected chi connectivity index (χ3v) is 2.75. The Morgan fingerprint density at radius 3 is 2.27 bits per heavy atom. The standard InChI is InChI=1S/C6H15NO3S/c1-4-7(5-6-10-2)11(3,8)9/h4-6H2,1-3H3. The molecule has 0 bridgehead atoms. The molecule has 0 unspecified atom stereocenters. The molecule has 0 aromatic heterocycles. The number of rotatable bonds is 5. The monoisotopic (exact) mass is 181 g/mol. The summed E-state index contributed by atoms with van der Waals surface area (Å²) in [6.45, 7) is 3.19. The molecule has 0 N–H and O–H groups in total. The van der Waals surface area contributed by atoms with Gasteiger partial charge in [-0.15, -0.1) is 0 Å². The minimum atomic E-state index is -3.03. The van der Waals surface area contributed by atoms with E-state index < -0.39 is 10.0 Å². The van der Waals surface area contributed by atoms with E-state index in [2.05, 4.69) is 0 Å². The van der Waals surface area contributed by atoms with Crippen LogP contribution >= 0.6 is 0 Å². The Morgan fingerprint density at radius 2 is 2.00 bits per heavy atom. The highest BCUT2D eigenvalue weighted by Gasteiger charge is 2.12. The molecule has 0 saturated carbocycles. The summed E-state index contributed by atoms with van der Waals surface area (Å²) in [6.07, 6.45) is 1.20. The topological polar surface area (TPSA) is 46.6 Å². The lowest BCUT2D eigenvalue weighted by molar-refractivity contribution is 0.180. The first kappa shape index (κ1) is 10.9. The van der Waals surface area contributed by atoms with E-state index in [0.717, 1.165) is 0 Å². The van der Waals surface area contributed by atoms with Crippen molar-refractivity contribution in [3.8, 4) is 0 Å². The molecule has 0 aliphatic carbocycles. The van der Waals surface area contributed by atoms with E-state index in [1.54, 1.807) is 14.0 Å². The number of ether oxygens (including phenoxy) is 1. The Labute approximate surface area is 68.2 Å². The van der Waals surface area contributed by atoms with Gasteiger partial charge in [-0.2, -0.15) is 0 Å². The molecule has 11 heavy (non-hydrogen) atoms. The van der Waals surface area contributed by atoms with Gasteiger partial charge in [0.2, 0.25) is 10.0 Å². The van der Waals surface area contributed by atoms with E-state index in [4.69, 9.17) is 4.74 Å². The molecule has 0 aliphatic rings. The number of sulfonamides is 1. The van der Waals surface area contributed by atoms with Crippen LogP contribution in [0.3, 0.4) is 0 Å². The van der Waals surface area contributed by atoms with E-state index in [1.807, 2.05) is 0 Å². The summed E-state index contributed by atoms with van der Waals surface area (Å²) in [5.41, 5.74) is 0. The Morgan fingerprint density at radius 1 is 1.45 bits per heavy atom. The highest BCUT2D eigenvalue weighted by molar-refractivity contribution is 7.88. The summed E-state index contributed by atoms with van der Waals surface area (Å²) in [4.78, 5) is 0. The van der Waals surface area contributed by atoms with E-state index in [0.29, 0.717) is 19.7 Å². The zero-order valence-electron chi connectivity index (χ0n) is 7.20. The first-order valence-electron chi connectivity index (χ1n) is 3.46. The quantitative estimate of drug-likeness (QED) is 0.595. The molecule has 0 heterocycles. The fourth-order valence-electron chi connectivity index (χ4n) is 0.752. The maximum absolute atomic E-state index is 10.9. The van der Waals surface area contributed by atoms with Gasteiger partial charge in [0.1, 0.15) is 0 Å². The normalized spacial score (nSPS) is 12.4. The zero-order valence-corrected chi connectivity index (χ0v) is 8.02. The third kappa shape index (κ3) is 4.34. The third-order valence-electron chi connectivity index (χ3n) is 1.37. The number of methoxy groups -OCH3 is 1. The van der Waals surface area contributed by atoms with Crippen molar-refractivity contribution in [1.82, 2.24) is 4.31 Å². The van der Waals surface area contributed by atoms with Crippen molar-refractivity contribution in [3.63, 3.8) is 0 Å². The highest BCUT2D eigenvalue weighted by Crippen LogP contribution is 1.95. The van der Waals surface area contributed by atoms with E-state index in [-0.39, 0.29) is 0 Å². The maximum atomic E-state index is 10.9. The van der Waals surface area contributed by atoms with E-state index in [9.17, 15) is 8.42 Å². The highest BCUT2D eigenvalue weighted by atomic mass is 32.2. The largest absolute Gasteiger partial charge is 0.383 e. The molecule has 0 fully saturated rings. The molecular formula is C6H15NO3S. The van der Waals surface area contributed by atoms with Crippen molar-refractivity contribution in [2.45, 2.75) is 6.92 Å². The van der Waals surface area contributed by atoms with Crippen LogP contribution in [0.25, 0.3) is 0 Å². The van der Waals surface area contributed by atoms with Crippen molar-refractivity contribution in [3.05, 3.63) is 0 Å². The first-order chi connectivity index (χ1) is 5.02. The second-order valence-corrected chi connectivity index (χ2v) is 4.23. The van der Waals surface area contributed by atoms with Crippen LogP contribution in [-0.2, 0) is 14.8 Å². The summed E-state index contributed by atoms with van der Waals surface area (Å²) < 4.78 is 28.0. The Bertz CT molecular complexity index is 188. The smallest absolute Gasteiger partial charge is 0.211 e. The maximum Gasteiger partial charge on any atom is 0.211 e. The SMILES string of the molecule is CCN(CCOC)S(C)(=O)=O. The Hall–Kier alpha value is -0.130. The van der Waals surface area contributed by atoms with Crippen LogP contribution < -0.4 is 0 Å². The van der Waals surface area contributed by atoms with Gasteiger partial charge in [0.25, 0.3) is 0 Å². The van der Waals surface area contributed by atoms with E-state index >= 15 is 0 Å². The molecule has 0 rings (SSSR count). The summed E-state index contributed by atoms with van der Waals surface area (Å²) in [6, 6.07) is 0. The number of likely N-dealkylation sites (N-methyl/N-ethyl adjacent to an activating group) is 1. The van der Waals surface area contributed by atoms with Gasteiger partial charge < -0.3 is 4.74 Å². The zero-order chi connectivity index (χ0) is 8.91. The van der Waals surface area contributed by atoms with Gasteiger partial charge >= 0.3 is 0 Å². The predicted octanol–water partition coefficient (Wildman–Crippen LogP) is -0.0857. The van der Waals surface area contributed by atoms with Crippen LogP contribution in [0.2, 0.25) is 0 Å². The molecule has 68 valence electrons. The lowest BCUT2D eigenvalue weighted by Crippen LogP contribution is -2.32. The number of nitrogens with zero attached hydrogens (tertiary/aromatic N) is 1. The van der Waals surface area contributed by atoms with Crippen LogP contribution in [0.5, 0.6) is 0 Å². The lowest BCUT2D eigenvalue weighted by atomic mass is 10.6. The second kappa shape index (κ2) is 4.69. The van der Waals surface area contributed by atoms with Gasteiger partial charge in [-0.3, -0.25) is 0 Å². The Balaban J connectivity index is 3.97. The van der Waals surface area contributed by atoms with Crippen molar-refractivity contribution in [2.24, 2.45) is 0 Å². The molecule has 0 aromatic carbocycles.